The number of aliphatic hydroxyl groups excluding tert-OH is 1. The number of ether oxygens (including phenoxy) is 2. The Kier molecular flexibility index (Phi) is 4.19. The average Bonchev–Trinajstić information content (AvgIpc) is 3.02. The number of hydrogen-bond donors (Lipinski definition) is 1. The van der Waals surface area contributed by atoms with E-state index in [9.17, 15) is 5.11 Å². The van der Waals surface area contributed by atoms with Gasteiger partial charge in [-0.05, 0) is 41.9 Å². The predicted octanol–water partition coefficient (Wildman–Crippen LogP) is 3.71. The highest BCUT2D eigenvalue weighted by Crippen LogP contribution is 2.40. The molecule has 0 fully saturated rings. The van der Waals surface area contributed by atoms with Crippen molar-refractivity contribution in [3.63, 3.8) is 0 Å². The van der Waals surface area contributed by atoms with Gasteiger partial charge in [0.05, 0.1) is 6.61 Å². The molecule has 1 N–H and O–H groups in total. The number of halogens is 1. The van der Waals surface area contributed by atoms with Crippen molar-refractivity contribution in [3.8, 4) is 11.5 Å². The number of aliphatic hydroxyl groups is 1. The molecule has 2 aromatic rings. The third-order valence-electron chi connectivity index (χ3n) is 3.35. The molecule has 1 aromatic carbocycles. The second-order valence-electron chi connectivity index (χ2n) is 4.97. The van der Waals surface area contributed by atoms with Gasteiger partial charge in [-0.3, -0.25) is 0 Å². The molecule has 2 unspecified atom stereocenters. The van der Waals surface area contributed by atoms with Crippen LogP contribution in [-0.2, 0) is 6.42 Å². The lowest BCUT2D eigenvalue weighted by Gasteiger charge is -2.15. The summed E-state index contributed by atoms with van der Waals surface area (Å²) < 4.78 is 12.2. The Bertz CT molecular complexity index is 658. The molecule has 0 bridgehead atoms. The molecule has 0 aliphatic carbocycles. The molecule has 21 heavy (non-hydrogen) atoms. The third kappa shape index (κ3) is 2.93. The van der Waals surface area contributed by atoms with E-state index in [1.54, 1.807) is 0 Å². The van der Waals surface area contributed by atoms with Crippen LogP contribution in [0.1, 0.15) is 36.1 Å². The maximum Gasteiger partial charge on any atom is 0.134 e. The molecular weight excluding hydrogens is 354 g/mol. The van der Waals surface area contributed by atoms with Crippen molar-refractivity contribution in [3.05, 3.63) is 38.3 Å². The molecule has 3 rings (SSSR count). The van der Waals surface area contributed by atoms with E-state index in [1.807, 2.05) is 31.4 Å². The Morgan fingerprint density at radius 3 is 3.05 bits per heavy atom. The molecule has 0 spiro atoms. The number of hydrogen-bond acceptors (Lipinski definition) is 5. The zero-order valence-corrected chi connectivity index (χ0v) is 14.2. The number of benzene rings is 1. The normalized spacial score (nSPS) is 18.2. The summed E-state index contributed by atoms with van der Waals surface area (Å²) in [6.45, 7) is 4.52. The lowest BCUT2D eigenvalue weighted by molar-refractivity contribution is 0.209. The summed E-state index contributed by atoms with van der Waals surface area (Å²) >= 11 is 4.72. The second kappa shape index (κ2) is 5.94. The Labute approximate surface area is 135 Å². The summed E-state index contributed by atoms with van der Waals surface area (Å²) in [5.41, 5.74) is 1.83. The molecule has 0 saturated heterocycles. The molecule has 2 heterocycles. The number of aromatic nitrogens is 1. The van der Waals surface area contributed by atoms with Gasteiger partial charge in [0.1, 0.15) is 33.3 Å². The van der Waals surface area contributed by atoms with Crippen molar-refractivity contribution in [2.75, 3.05) is 6.61 Å². The predicted molar refractivity (Wildman–Crippen MR) is 85.3 cm³/mol. The molecular formula is C15H16BrNO3S. The van der Waals surface area contributed by atoms with Crippen LogP contribution in [0.5, 0.6) is 11.5 Å². The Balaban J connectivity index is 2.02. The lowest BCUT2D eigenvalue weighted by atomic mass is 10.0. The first kappa shape index (κ1) is 14.8. The van der Waals surface area contributed by atoms with Crippen LogP contribution in [0, 0.1) is 0 Å². The SMILES string of the molecule is CCOc1cc2c(cc1C(O)c1nc(Br)cs1)OC(C)C2. The van der Waals surface area contributed by atoms with E-state index >= 15 is 0 Å². The fraction of sp³-hybridized carbons (Fsp3) is 0.400. The molecule has 1 aliphatic rings. The molecule has 2 atom stereocenters. The summed E-state index contributed by atoms with van der Waals surface area (Å²) in [4.78, 5) is 4.29. The van der Waals surface area contributed by atoms with E-state index in [1.165, 1.54) is 11.3 Å². The van der Waals surface area contributed by atoms with E-state index in [-0.39, 0.29) is 6.10 Å². The maximum absolute atomic E-state index is 10.6. The van der Waals surface area contributed by atoms with Gasteiger partial charge in [-0.25, -0.2) is 4.98 Å². The fourth-order valence-electron chi connectivity index (χ4n) is 2.47. The second-order valence-corrected chi connectivity index (χ2v) is 6.68. The van der Waals surface area contributed by atoms with Gasteiger partial charge < -0.3 is 14.6 Å². The van der Waals surface area contributed by atoms with Gasteiger partial charge in [0.25, 0.3) is 0 Å². The van der Waals surface area contributed by atoms with Crippen LogP contribution >= 0.6 is 27.3 Å². The molecule has 0 radical (unpaired) electrons. The number of thiazole rings is 1. The first-order valence-corrected chi connectivity index (χ1v) is 8.51. The van der Waals surface area contributed by atoms with Crippen LogP contribution in [0.15, 0.2) is 22.1 Å². The molecule has 1 aromatic heterocycles. The van der Waals surface area contributed by atoms with Crippen LogP contribution in [0.3, 0.4) is 0 Å². The molecule has 112 valence electrons. The average molecular weight is 370 g/mol. The van der Waals surface area contributed by atoms with Crippen LogP contribution < -0.4 is 9.47 Å². The zero-order valence-electron chi connectivity index (χ0n) is 11.8. The first-order chi connectivity index (χ1) is 10.1. The summed E-state index contributed by atoms with van der Waals surface area (Å²) in [5, 5.41) is 13.1. The third-order valence-corrected chi connectivity index (χ3v) is 4.96. The Morgan fingerprint density at radius 1 is 1.57 bits per heavy atom. The van der Waals surface area contributed by atoms with E-state index < -0.39 is 6.10 Å². The number of fused-ring (bicyclic) bond motifs is 1. The highest BCUT2D eigenvalue weighted by atomic mass is 79.9. The largest absolute Gasteiger partial charge is 0.493 e. The fourth-order valence-corrected chi connectivity index (χ4v) is 3.74. The summed E-state index contributed by atoms with van der Waals surface area (Å²) in [5.74, 6) is 1.53. The van der Waals surface area contributed by atoms with Crippen molar-refractivity contribution in [1.82, 2.24) is 4.98 Å². The highest BCUT2D eigenvalue weighted by Gasteiger charge is 2.26. The van der Waals surface area contributed by atoms with E-state index in [4.69, 9.17) is 9.47 Å². The number of nitrogens with zero attached hydrogens (tertiary/aromatic N) is 1. The van der Waals surface area contributed by atoms with Gasteiger partial charge in [-0.15, -0.1) is 11.3 Å². The van der Waals surface area contributed by atoms with Gasteiger partial charge in [-0.2, -0.15) is 0 Å². The summed E-state index contributed by atoms with van der Waals surface area (Å²) in [6.07, 6.45) is 0.220. The van der Waals surface area contributed by atoms with Crippen molar-refractivity contribution in [2.45, 2.75) is 32.5 Å². The van der Waals surface area contributed by atoms with Gasteiger partial charge in [0, 0.05) is 22.9 Å². The van der Waals surface area contributed by atoms with Crippen molar-refractivity contribution in [2.24, 2.45) is 0 Å². The van der Waals surface area contributed by atoms with Crippen molar-refractivity contribution in [1.29, 1.82) is 0 Å². The maximum atomic E-state index is 10.6. The minimum atomic E-state index is -0.812. The topological polar surface area (TPSA) is 51.6 Å². The van der Waals surface area contributed by atoms with Crippen LogP contribution in [0.25, 0.3) is 0 Å². The van der Waals surface area contributed by atoms with Gasteiger partial charge in [-0.1, -0.05) is 0 Å². The Hall–Kier alpha value is -1.11. The van der Waals surface area contributed by atoms with Gasteiger partial charge in [0.15, 0.2) is 0 Å². The van der Waals surface area contributed by atoms with Crippen LogP contribution in [-0.4, -0.2) is 22.8 Å². The lowest BCUT2D eigenvalue weighted by Crippen LogP contribution is -2.05. The molecule has 0 amide bonds. The van der Waals surface area contributed by atoms with E-state index in [0.29, 0.717) is 22.9 Å². The van der Waals surface area contributed by atoms with Crippen molar-refractivity contribution >= 4 is 27.3 Å². The summed E-state index contributed by atoms with van der Waals surface area (Å²) in [6, 6.07) is 3.85. The van der Waals surface area contributed by atoms with E-state index in [2.05, 4.69) is 20.9 Å². The quantitative estimate of drug-likeness (QED) is 0.892. The zero-order chi connectivity index (χ0) is 15.0. The van der Waals surface area contributed by atoms with Gasteiger partial charge in [0.2, 0.25) is 0 Å². The van der Waals surface area contributed by atoms with Gasteiger partial charge >= 0.3 is 0 Å². The Morgan fingerprint density at radius 2 is 2.38 bits per heavy atom. The van der Waals surface area contributed by atoms with Crippen LogP contribution in [0.4, 0.5) is 0 Å². The molecule has 0 saturated carbocycles. The minimum Gasteiger partial charge on any atom is -0.493 e. The molecule has 6 heteroatoms. The monoisotopic (exact) mass is 369 g/mol. The number of rotatable bonds is 4. The minimum absolute atomic E-state index is 0.163. The first-order valence-electron chi connectivity index (χ1n) is 6.83. The molecule has 1 aliphatic heterocycles. The molecule has 4 nitrogen and oxygen atoms in total. The van der Waals surface area contributed by atoms with Crippen molar-refractivity contribution < 1.29 is 14.6 Å². The standard InChI is InChI=1S/C15H16BrNO3S/c1-3-19-12-5-9-4-8(2)20-11(9)6-10(12)14(18)15-17-13(16)7-21-15/h5-8,14,18H,3-4H2,1-2H3. The highest BCUT2D eigenvalue weighted by molar-refractivity contribution is 9.10. The van der Waals surface area contributed by atoms with Crippen LogP contribution in [0.2, 0.25) is 0 Å². The summed E-state index contributed by atoms with van der Waals surface area (Å²) in [7, 11) is 0. The van der Waals surface area contributed by atoms with E-state index in [0.717, 1.165) is 22.3 Å². The smallest absolute Gasteiger partial charge is 0.134 e.